The van der Waals surface area contributed by atoms with Gasteiger partial charge in [0.2, 0.25) is 5.91 Å². The second-order valence-corrected chi connectivity index (χ2v) is 8.90. The van der Waals surface area contributed by atoms with Crippen LogP contribution < -0.4 is 5.32 Å². The summed E-state index contributed by atoms with van der Waals surface area (Å²) in [5, 5.41) is 4.27. The SMILES string of the molecule is CC[C@@H](C)NC(=O)C[C@@H](c1cccc(C)c1)c1cn(Cc2ccc(F)cc2)c2ccccc12. The molecule has 0 fully saturated rings. The molecule has 0 spiro atoms. The normalized spacial score (nSPS) is 13.1. The molecule has 0 aliphatic carbocycles. The van der Waals surface area contributed by atoms with E-state index in [1.165, 1.54) is 17.7 Å². The van der Waals surface area contributed by atoms with Gasteiger partial charge in [0.1, 0.15) is 5.82 Å². The van der Waals surface area contributed by atoms with Crippen molar-refractivity contribution in [3.05, 3.63) is 107 Å². The lowest BCUT2D eigenvalue weighted by molar-refractivity contribution is -0.121. The van der Waals surface area contributed by atoms with Gasteiger partial charge < -0.3 is 9.88 Å². The lowest BCUT2D eigenvalue weighted by Crippen LogP contribution is -2.33. The molecule has 4 rings (SSSR count). The van der Waals surface area contributed by atoms with Gasteiger partial charge in [0.15, 0.2) is 0 Å². The number of fused-ring (bicyclic) bond motifs is 1. The van der Waals surface area contributed by atoms with E-state index >= 15 is 0 Å². The summed E-state index contributed by atoms with van der Waals surface area (Å²) >= 11 is 0. The van der Waals surface area contributed by atoms with Crippen LogP contribution in [0, 0.1) is 12.7 Å². The van der Waals surface area contributed by atoms with E-state index in [1.54, 1.807) is 0 Å². The maximum absolute atomic E-state index is 13.4. The molecule has 0 radical (unpaired) electrons. The summed E-state index contributed by atoms with van der Waals surface area (Å²) in [5.74, 6) is -0.233. The number of carbonyl (C=O) groups is 1. The number of rotatable bonds is 8. The fourth-order valence-electron chi connectivity index (χ4n) is 4.39. The van der Waals surface area contributed by atoms with Gasteiger partial charge in [-0.15, -0.1) is 0 Å². The first-order chi connectivity index (χ1) is 15.9. The van der Waals surface area contributed by atoms with Crippen molar-refractivity contribution in [2.45, 2.75) is 52.1 Å². The molecular weight excluding hydrogens is 411 g/mol. The van der Waals surface area contributed by atoms with Crippen molar-refractivity contribution in [3.8, 4) is 0 Å². The van der Waals surface area contributed by atoms with Crippen LogP contribution in [0.2, 0.25) is 0 Å². The highest BCUT2D eigenvalue weighted by Crippen LogP contribution is 2.35. The third kappa shape index (κ3) is 5.33. The van der Waals surface area contributed by atoms with Crippen LogP contribution in [-0.2, 0) is 11.3 Å². The van der Waals surface area contributed by atoms with Gasteiger partial charge in [0.05, 0.1) is 0 Å². The average molecular weight is 443 g/mol. The monoisotopic (exact) mass is 442 g/mol. The highest BCUT2D eigenvalue weighted by Gasteiger charge is 2.23. The van der Waals surface area contributed by atoms with Crippen LogP contribution in [0.25, 0.3) is 10.9 Å². The van der Waals surface area contributed by atoms with Crippen molar-refractivity contribution in [3.63, 3.8) is 0 Å². The Morgan fingerprint density at radius 1 is 1.03 bits per heavy atom. The number of nitrogens with zero attached hydrogens (tertiary/aromatic N) is 1. The first-order valence-corrected chi connectivity index (χ1v) is 11.6. The molecule has 1 aromatic heterocycles. The van der Waals surface area contributed by atoms with E-state index in [1.807, 2.05) is 31.2 Å². The Kier molecular flexibility index (Phi) is 6.93. The summed E-state index contributed by atoms with van der Waals surface area (Å²) < 4.78 is 15.6. The molecule has 0 unspecified atom stereocenters. The zero-order valence-electron chi connectivity index (χ0n) is 19.5. The van der Waals surface area contributed by atoms with Gasteiger partial charge in [-0.1, -0.05) is 67.1 Å². The maximum atomic E-state index is 13.4. The van der Waals surface area contributed by atoms with E-state index in [0.717, 1.165) is 34.0 Å². The third-order valence-corrected chi connectivity index (χ3v) is 6.31. The molecule has 0 aliphatic rings. The fourth-order valence-corrected chi connectivity index (χ4v) is 4.39. The summed E-state index contributed by atoms with van der Waals surface area (Å²) in [4.78, 5) is 13.0. The maximum Gasteiger partial charge on any atom is 0.221 e. The summed E-state index contributed by atoms with van der Waals surface area (Å²) in [7, 11) is 0. The summed E-state index contributed by atoms with van der Waals surface area (Å²) in [6.45, 7) is 6.83. The molecule has 0 saturated carbocycles. The third-order valence-electron chi connectivity index (χ3n) is 6.31. The Bertz CT molecular complexity index is 1240. The van der Waals surface area contributed by atoms with E-state index in [2.05, 4.69) is 66.3 Å². The van der Waals surface area contributed by atoms with E-state index in [9.17, 15) is 9.18 Å². The number of amides is 1. The van der Waals surface area contributed by atoms with Crippen LogP contribution in [0.3, 0.4) is 0 Å². The number of hydrogen-bond acceptors (Lipinski definition) is 1. The van der Waals surface area contributed by atoms with E-state index in [-0.39, 0.29) is 23.7 Å². The van der Waals surface area contributed by atoms with Crippen LogP contribution in [-0.4, -0.2) is 16.5 Å². The van der Waals surface area contributed by atoms with E-state index in [0.29, 0.717) is 13.0 Å². The molecule has 0 saturated heterocycles. The smallest absolute Gasteiger partial charge is 0.221 e. The number of carbonyl (C=O) groups excluding carboxylic acids is 1. The first kappa shape index (κ1) is 22.8. The number of halogens is 1. The van der Waals surface area contributed by atoms with Crippen molar-refractivity contribution in [1.29, 1.82) is 0 Å². The standard InChI is InChI=1S/C29H31FN2O/c1-4-21(3)31-29(33)17-26(23-9-7-8-20(2)16-23)27-19-32(28-11-6-5-10-25(27)28)18-22-12-14-24(30)15-13-22/h5-16,19,21,26H,4,17-18H2,1-3H3,(H,31,33)/t21-,26+/m1/s1. The zero-order chi connectivity index (χ0) is 23.4. The summed E-state index contributed by atoms with van der Waals surface area (Å²) in [5.41, 5.74) is 5.59. The van der Waals surface area contributed by atoms with Crippen LogP contribution in [0.15, 0.2) is 79.0 Å². The van der Waals surface area contributed by atoms with Crippen molar-refractivity contribution in [1.82, 2.24) is 9.88 Å². The molecule has 2 atom stereocenters. The number of aromatic nitrogens is 1. The van der Waals surface area contributed by atoms with Crippen LogP contribution >= 0.6 is 0 Å². The topological polar surface area (TPSA) is 34.0 Å². The molecule has 3 nitrogen and oxygen atoms in total. The Morgan fingerprint density at radius 3 is 2.52 bits per heavy atom. The first-order valence-electron chi connectivity index (χ1n) is 11.6. The molecule has 1 N–H and O–H groups in total. The molecule has 4 aromatic rings. The molecule has 1 amide bonds. The highest BCUT2D eigenvalue weighted by atomic mass is 19.1. The highest BCUT2D eigenvalue weighted by molar-refractivity contribution is 5.87. The van der Waals surface area contributed by atoms with E-state index in [4.69, 9.17) is 0 Å². The number of nitrogens with one attached hydrogen (secondary N) is 1. The van der Waals surface area contributed by atoms with Gasteiger partial charge in [-0.3, -0.25) is 4.79 Å². The Morgan fingerprint density at radius 2 is 1.79 bits per heavy atom. The van der Waals surface area contributed by atoms with Gasteiger partial charge in [0.25, 0.3) is 0 Å². The molecular formula is C29H31FN2O. The quantitative estimate of drug-likeness (QED) is 0.329. The lowest BCUT2D eigenvalue weighted by Gasteiger charge is -2.19. The van der Waals surface area contributed by atoms with Crippen molar-refractivity contribution >= 4 is 16.8 Å². The second-order valence-electron chi connectivity index (χ2n) is 8.90. The van der Waals surface area contributed by atoms with Crippen molar-refractivity contribution in [2.75, 3.05) is 0 Å². The predicted octanol–water partition coefficient (Wildman–Crippen LogP) is 6.57. The fraction of sp³-hybridized carbons (Fsp3) is 0.276. The molecule has 0 aliphatic heterocycles. The van der Waals surface area contributed by atoms with Gasteiger partial charge in [-0.25, -0.2) is 4.39 Å². The van der Waals surface area contributed by atoms with Gasteiger partial charge in [0, 0.05) is 42.0 Å². The minimum Gasteiger partial charge on any atom is -0.354 e. The second kappa shape index (κ2) is 10.0. The Balaban J connectivity index is 1.77. The minimum absolute atomic E-state index is 0.0613. The van der Waals surface area contributed by atoms with Gasteiger partial charge >= 0.3 is 0 Å². The van der Waals surface area contributed by atoms with E-state index < -0.39 is 0 Å². The number of aryl methyl sites for hydroxylation is 1. The molecule has 170 valence electrons. The average Bonchev–Trinajstić information content (AvgIpc) is 3.17. The van der Waals surface area contributed by atoms with Gasteiger partial charge in [-0.05, 0) is 55.2 Å². The van der Waals surface area contributed by atoms with Crippen LogP contribution in [0.1, 0.15) is 54.9 Å². The molecule has 0 bridgehead atoms. The van der Waals surface area contributed by atoms with Crippen LogP contribution in [0.5, 0.6) is 0 Å². The van der Waals surface area contributed by atoms with Gasteiger partial charge in [-0.2, -0.15) is 0 Å². The lowest BCUT2D eigenvalue weighted by atomic mass is 9.87. The number of benzene rings is 3. The molecule has 4 heteroatoms. The van der Waals surface area contributed by atoms with Crippen molar-refractivity contribution in [2.24, 2.45) is 0 Å². The summed E-state index contributed by atoms with van der Waals surface area (Å²) in [6, 6.07) is 23.5. The molecule has 3 aromatic carbocycles. The largest absolute Gasteiger partial charge is 0.354 e. The predicted molar refractivity (Wildman–Crippen MR) is 133 cm³/mol. The van der Waals surface area contributed by atoms with Crippen LogP contribution in [0.4, 0.5) is 4.39 Å². The molecule has 33 heavy (non-hydrogen) atoms. The Labute approximate surface area is 195 Å². The number of hydrogen-bond donors (Lipinski definition) is 1. The Hall–Kier alpha value is -3.40. The van der Waals surface area contributed by atoms with Crippen molar-refractivity contribution < 1.29 is 9.18 Å². The minimum atomic E-state index is -0.233. The zero-order valence-corrected chi connectivity index (χ0v) is 19.5. The number of para-hydroxylation sites is 1. The summed E-state index contributed by atoms with van der Waals surface area (Å²) in [6.07, 6.45) is 3.45. The molecule has 1 heterocycles.